The van der Waals surface area contributed by atoms with Crippen molar-refractivity contribution in [3.8, 4) is 39.5 Å². The molecule has 6 heterocycles. The lowest BCUT2D eigenvalue weighted by atomic mass is 9.81. The second-order valence-electron chi connectivity index (χ2n) is 20.1. The summed E-state index contributed by atoms with van der Waals surface area (Å²) in [6, 6.07) is 11.2. The summed E-state index contributed by atoms with van der Waals surface area (Å²) in [6.07, 6.45) is -6.37. The molecule has 8 aromatic rings. The number of piperidine rings is 2. The molecule has 0 amide bonds. The van der Waals surface area contributed by atoms with Crippen LogP contribution in [0.4, 0.5) is 58.1 Å². The molecule has 10 rings (SSSR count). The average Bonchev–Trinajstić information content (AvgIpc) is 4.18. The van der Waals surface area contributed by atoms with Crippen LogP contribution in [0.15, 0.2) is 79.9 Å². The van der Waals surface area contributed by atoms with Crippen molar-refractivity contribution in [3.63, 3.8) is 0 Å². The number of hydrogen-bond acceptors (Lipinski definition) is 18. The Morgan fingerprint density at radius 3 is 1.93 bits per heavy atom. The van der Waals surface area contributed by atoms with E-state index >= 15 is 17.6 Å². The molecule has 434 valence electrons. The topological polar surface area (TPSA) is 261 Å². The van der Waals surface area contributed by atoms with E-state index in [0.717, 1.165) is 24.3 Å². The normalized spacial score (nSPS) is 19.4. The van der Waals surface area contributed by atoms with Crippen LogP contribution in [-0.4, -0.2) is 146 Å². The van der Waals surface area contributed by atoms with Crippen LogP contribution in [0.5, 0.6) is 17.2 Å². The predicted octanol–water partition coefficient (Wildman–Crippen LogP) is 6.27. The largest absolute Gasteiger partial charge is 0.496 e. The van der Waals surface area contributed by atoms with Crippen molar-refractivity contribution in [3.05, 3.63) is 114 Å². The molecule has 20 nitrogen and oxygen atoms in total. The fourth-order valence-corrected chi connectivity index (χ4v) is 11.2. The summed E-state index contributed by atoms with van der Waals surface area (Å²) in [4.78, 5) is 28.7. The molecule has 2 aliphatic rings. The van der Waals surface area contributed by atoms with Gasteiger partial charge in [-0.2, -0.15) is 0 Å². The highest BCUT2D eigenvalue weighted by atomic mass is 19.3. The van der Waals surface area contributed by atoms with Gasteiger partial charge in [0.05, 0.1) is 57.1 Å². The van der Waals surface area contributed by atoms with E-state index in [4.69, 9.17) is 36.1 Å². The number of imidazole rings is 2. The maximum atomic E-state index is 16.5. The fraction of sp³-hybridized carbons (Fsp3) is 0.370. The van der Waals surface area contributed by atoms with Gasteiger partial charge >= 0.3 is 0 Å². The summed E-state index contributed by atoms with van der Waals surface area (Å²) in [5.74, 6) is -4.39. The van der Waals surface area contributed by atoms with Crippen molar-refractivity contribution in [1.29, 1.82) is 0 Å². The van der Waals surface area contributed by atoms with Crippen LogP contribution in [0.25, 0.3) is 44.6 Å². The number of benzene rings is 4. The highest BCUT2D eigenvalue weighted by molar-refractivity contribution is 5.83. The molecule has 28 heteroatoms. The first-order chi connectivity index (χ1) is 39.3. The van der Waals surface area contributed by atoms with Gasteiger partial charge in [0.25, 0.3) is 12.9 Å². The van der Waals surface area contributed by atoms with Gasteiger partial charge in [-0.05, 0) is 66.8 Å². The van der Waals surface area contributed by atoms with Gasteiger partial charge in [-0.1, -0.05) is 6.07 Å². The number of nitrogens with one attached hydrogen (secondary N) is 1. The van der Waals surface area contributed by atoms with Crippen molar-refractivity contribution in [2.45, 2.75) is 74.6 Å². The van der Waals surface area contributed by atoms with E-state index in [1.165, 1.54) is 58.8 Å². The Hall–Kier alpha value is -8.18. The highest BCUT2D eigenvalue weighted by Crippen LogP contribution is 2.44. The van der Waals surface area contributed by atoms with Crippen LogP contribution in [0.2, 0.25) is 0 Å². The number of fused-ring (bicyclic) bond motifs is 2. The fourth-order valence-electron chi connectivity index (χ4n) is 11.2. The number of methoxy groups -OCH3 is 3. The number of anilines is 4. The summed E-state index contributed by atoms with van der Waals surface area (Å²) < 4.78 is 147. The van der Waals surface area contributed by atoms with E-state index in [2.05, 4.69) is 35.2 Å². The number of ether oxygens (including phenoxy) is 4. The van der Waals surface area contributed by atoms with E-state index in [-0.39, 0.29) is 109 Å². The minimum absolute atomic E-state index is 0.00621. The number of nitrogens with zero attached hydrogens (tertiary/aromatic N) is 10. The number of alkyl halides is 4. The van der Waals surface area contributed by atoms with Gasteiger partial charge in [-0.15, -0.1) is 0 Å². The molecular weight excluding hydrogens is 1090 g/mol. The summed E-state index contributed by atoms with van der Waals surface area (Å²) in [5.41, 5.74) is 17.6. The van der Waals surface area contributed by atoms with E-state index in [1.54, 1.807) is 37.1 Å². The zero-order chi connectivity index (χ0) is 58.4. The summed E-state index contributed by atoms with van der Waals surface area (Å²) in [7, 11) is 3.83. The molecule has 0 bridgehead atoms. The third kappa shape index (κ3) is 10.5. The minimum atomic E-state index is -3.30. The van der Waals surface area contributed by atoms with Crippen molar-refractivity contribution >= 4 is 45.3 Å². The lowest BCUT2D eigenvalue weighted by molar-refractivity contribution is -0.102. The van der Waals surface area contributed by atoms with Crippen LogP contribution < -0.4 is 46.5 Å². The molecule has 0 saturated carbocycles. The van der Waals surface area contributed by atoms with Gasteiger partial charge in [-0.25, -0.2) is 65.0 Å². The van der Waals surface area contributed by atoms with E-state index in [0.29, 0.717) is 39.3 Å². The van der Waals surface area contributed by atoms with Crippen molar-refractivity contribution in [2.24, 2.45) is 5.73 Å². The average molecular weight is 1150 g/mol. The number of rotatable bonds is 19. The molecule has 4 aromatic carbocycles. The Labute approximate surface area is 462 Å². The minimum Gasteiger partial charge on any atom is -0.496 e. The van der Waals surface area contributed by atoms with Crippen LogP contribution >= 0.6 is 0 Å². The lowest BCUT2D eigenvalue weighted by Crippen LogP contribution is -2.70. The molecule has 5 atom stereocenters. The number of nitrogens with two attached hydrogens (primary N) is 3. The highest BCUT2D eigenvalue weighted by Gasteiger charge is 2.50. The van der Waals surface area contributed by atoms with Gasteiger partial charge in [0, 0.05) is 79.1 Å². The third-order valence-electron chi connectivity index (χ3n) is 15.4. The van der Waals surface area contributed by atoms with Crippen LogP contribution in [0.1, 0.15) is 30.4 Å². The number of aliphatic hydroxyl groups is 2. The number of aliphatic hydroxyl groups excluding tert-OH is 2. The first-order valence-electron chi connectivity index (χ1n) is 25.6. The third-order valence-corrected chi connectivity index (χ3v) is 15.4. The second kappa shape index (κ2) is 23.0. The molecule has 2 aliphatic heterocycles. The summed E-state index contributed by atoms with van der Waals surface area (Å²) in [5, 5.41) is 24.9. The number of halogens is 8. The van der Waals surface area contributed by atoms with Crippen LogP contribution in [0.3, 0.4) is 0 Å². The van der Waals surface area contributed by atoms with E-state index in [1.807, 2.05) is 0 Å². The zero-order valence-corrected chi connectivity index (χ0v) is 44.2. The molecule has 2 saturated heterocycles. The van der Waals surface area contributed by atoms with Gasteiger partial charge in [0.1, 0.15) is 60.0 Å². The van der Waals surface area contributed by atoms with Gasteiger partial charge < -0.3 is 65.3 Å². The predicted molar refractivity (Wildman–Crippen MR) is 286 cm³/mol. The Balaban J connectivity index is 0.948. The first-order valence-corrected chi connectivity index (χ1v) is 25.6. The molecule has 2 fully saturated rings. The Bertz CT molecular complexity index is 3650. The molecule has 0 radical (unpaired) electrons. The maximum Gasteiger partial charge on any atom is 0.266 e. The number of hydrogen-bond donors (Lipinski definition) is 6. The van der Waals surface area contributed by atoms with Gasteiger partial charge in [0.15, 0.2) is 46.1 Å². The first kappa shape index (κ1) is 57.1. The quantitative estimate of drug-likeness (QED) is 0.0385. The second-order valence-corrected chi connectivity index (χ2v) is 20.1. The molecule has 82 heavy (non-hydrogen) atoms. The van der Waals surface area contributed by atoms with Crippen LogP contribution in [-0.2, 0) is 17.8 Å². The molecule has 0 spiro atoms. The summed E-state index contributed by atoms with van der Waals surface area (Å²) in [6.45, 7) is -0.935. The Morgan fingerprint density at radius 1 is 0.671 bits per heavy atom. The molecule has 4 aromatic heterocycles. The molecule has 9 N–H and O–H groups in total. The Morgan fingerprint density at radius 2 is 1.28 bits per heavy atom. The Kier molecular flexibility index (Phi) is 16.0. The van der Waals surface area contributed by atoms with Crippen molar-refractivity contribution < 1.29 is 64.3 Å². The molecular formula is C54H56F8N14O6. The van der Waals surface area contributed by atoms with E-state index < -0.39 is 78.0 Å². The lowest BCUT2D eigenvalue weighted by Gasteiger charge is -2.48. The number of nitrogen functional groups attached to an aromatic ring is 2. The van der Waals surface area contributed by atoms with Gasteiger partial charge in [-0.3, -0.25) is 5.32 Å². The maximum absolute atomic E-state index is 16.5. The van der Waals surface area contributed by atoms with Crippen molar-refractivity contribution in [2.75, 3.05) is 75.5 Å². The number of aromatic nitrogens is 8. The summed E-state index contributed by atoms with van der Waals surface area (Å²) >= 11 is 0. The zero-order valence-electron chi connectivity index (χ0n) is 44.2. The van der Waals surface area contributed by atoms with Crippen molar-refractivity contribution in [1.82, 2.24) is 44.4 Å². The molecule has 1 unspecified atom stereocenters. The van der Waals surface area contributed by atoms with Crippen LogP contribution in [0, 0.1) is 23.3 Å². The monoisotopic (exact) mass is 1150 g/mol. The molecule has 0 aliphatic carbocycles. The smallest absolute Gasteiger partial charge is 0.266 e. The van der Waals surface area contributed by atoms with Gasteiger partial charge in [0.2, 0.25) is 0 Å². The standard InChI is InChI=1S/C54H56F8N14O6/c1-79-39-16-34(56)31(15-35(39)57)29-6-8-38(32(44(29)81-3)19-76-25-71-43-50(64)67-23-69-52(43)76)73-11-4-10-53(20-73,45(77)47(59)60)72-26-82-40-17-33(55)30(14-36(40)58)27-5-7-37(74-12-9-41(80-2)54(65,21-74)46(78)48(61)62)28(13-27)18-75-24-70-42-49(63)66-22-68-51(42)75/h5-8,13-17,22-25,41,45-48,72,77-78H,4,9-12,18-21,26,65H2,1-3H3,(H2,63,66,68)(H2,64,67,69)/t41?,45-,46-,53-,54+/m1/s1. The SMILES string of the molecule is COc1cc(F)c(-c2ccc(N3CCC[C@](NCOc4cc(F)c(-c5ccc(N6CCC(OC)[C@](N)([C@H](O)C(F)F)C6)c(Cn6cnc7c(N)ncnc76)c5)cc4F)([C@H](O)C(F)F)C3)c(Cn3cnc4c(N)ncnc43)c2OC)cc1F. The van der Waals surface area contributed by atoms with E-state index in [9.17, 15) is 27.8 Å².